The standard InChI is InChI=1S/C14H20N2O4S/c1-10-9-21-14(20)16(10)5-2-3-12(17)15-6-4-11(8-15)7-13(18)19/h9,11H,2-8H2,1H3,(H,18,19). The minimum Gasteiger partial charge on any atom is -0.481 e. The Morgan fingerprint density at radius 2 is 2.24 bits per heavy atom. The number of aromatic nitrogens is 1. The van der Waals surface area contributed by atoms with Gasteiger partial charge in [0.2, 0.25) is 5.91 Å². The van der Waals surface area contributed by atoms with Gasteiger partial charge in [0.05, 0.1) is 0 Å². The van der Waals surface area contributed by atoms with Crippen LogP contribution in [0.25, 0.3) is 0 Å². The highest BCUT2D eigenvalue weighted by atomic mass is 32.1. The molecule has 1 unspecified atom stereocenters. The van der Waals surface area contributed by atoms with E-state index in [1.54, 1.807) is 9.47 Å². The maximum atomic E-state index is 12.1. The van der Waals surface area contributed by atoms with Gasteiger partial charge in [0.1, 0.15) is 0 Å². The smallest absolute Gasteiger partial charge is 0.307 e. The van der Waals surface area contributed by atoms with Crippen LogP contribution in [0, 0.1) is 12.8 Å². The predicted molar refractivity (Wildman–Crippen MR) is 79.5 cm³/mol. The van der Waals surface area contributed by atoms with Crippen LogP contribution in [0.3, 0.4) is 0 Å². The molecule has 6 nitrogen and oxygen atoms in total. The molecule has 1 aliphatic heterocycles. The molecule has 0 radical (unpaired) electrons. The summed E-state index contributed by atoms with van der Waals surface area (Å²) >= 11 is 1.18. The highest BCUT2D eigenvalue weighted by molar-refractivity contribution is 7.07. The van der Waals surface area contributed by atoms with Gasteiger partial charge in [-0.05, 0) is 25.7 Å². The SMILES string of the molecule is Cc1csc(=O)n1CCCC(=O)N1CCC(CC(=O)O)C1. The third-order valence-corrected chi connectivity index (χ3v) is 4.73. The number of thiazole rings is 1. The van der Waals surface area contributed by atoms with Gasteiger partial charge in [-0.15, -0.1) is 0 Å². The van der Waals surface area contributed by atoms with Crippen molar-refractivity contribution in [3.63, 3.8) is 0 Å². The van der Waals surface area contributed by atoms with E-state index in [0.717, 1.165) is 12.1 Å². The number of rotatable bonds is 6. The fourth-order valence-electron chi connectivity index (χ4n) is 2.69. The molecule has 1 saturated heterocycles. The zero-order valence-electron chi connectivity index (χ0n) is 12.1. The number of hydrogen-bond donors (Lipinski definition) is 1. The van der Waals surface area contributed by atoms with Crippen LogP contribution in [0.5, 0.6) is 0 Å². The van der Waals surface area contributed by atoms with Crippen LogP contribution >= 0.6 is 11.3 Å². The first kappa shape index (κ1) is 15.8. The van der Waals surface area contributed by atoms with Crippen molar-refractivity contribution in [1.82, 2.24) is 9.47 Å². The van der Waals surface area contributed by atoms with E-state index >= 15 is 0 Å². The Balaban J connectivity index is 1.76. The van der Waals surface area contributed by atoms with Gasteiger partial charge in [0, 0.05) is 43.5 Å². The van der Waals surface area contributed by atoms with Crippen molar-refractivity contribution in [2.75, 3.05) is 13.1 Å². The summed E-state index contributed by atoms with van der Waals surface area (Å²) < 4.78 is 1.69. The lowest BCUT2D eigenvalue weighted by molar-refractivity contribution is -0.138. The van der Waals surface area contributed by atoms with Crippen molar-refractivity contribution in [3.05, 3.63) is 20.7 Å². The summed E-state index contributed by atoms with van der Waals surface area (Å²) in [4.78, 5) is 36.0. The Hall–Kier alpha value is -1.63. The van der Waals surface area contributed by atoms with Crippen molar-refractivity contribution in [2.24, 2.45) is 5.92 Å². The Morgan fingerprint density at radius 3 is 2.86 bits per heavy atom. The second-order valence-corrected chi connectivity index (χ2v) is 6.31. The number of aryl methyl sites for hydroxylation is 1. The van der Waals surface area contributed by atoms with Gasteiger partial charge < -0.3 is 14.6 Å². The predicted octanol–water partition coefficient (Wildman–Crippen LogP) is 1.32. The molecule has 1 fully saturated rings. The van der Waals surface area contributed by atoms with Crippen LogP contribution < -0.4 is 4.87 Å². The second kappa shape index (κ2) is 6.89. The van der Waals surface area contributed by atoms with E-state index in [-0.39, 0.29) is 23.1 Å². The monoisotopic (exact) mass is 312 g/mol. The van der Waals surface area contributed by atoms with Crippen LogP contribution in [-0.4, -0.2) is 39.5 Å². The minimum absolute atomic E-state index is 0.0163. The molecule has 2 heterocycles. The van der Waals surface area contributed by atoms with Gasteiger partial charge in [-0.25, -0.2) is 0 Å². The Kier molecular flexibility index (Phi) is 5.17. The van der Waals surface area contributed by atoms with E-state index < -0.39 is 5.97 Å². The summed E-state index contributed by atoms with van der Waals surface area (Å²) in [5, 5.41) is 10.6. The topological polar surface area (TPSA) is 79.6 Å². The number of carboxylic acid groups (broad SMARTS) is 1. The average molecular weight is 312 g/mol. The van der Waals surface area contributed by atoms with Gasteiger partial charge >= 0.3 is 10.8 Å². The molecule has 0 aliphatic carbocycles. The summed E-state index contributed by atoms with van der Waals surface area (Å²) in [6, 6.07) is 0. The van der Waals surface area contributed by atoms with Crippen LogP contribution in [0.4, 0.5) is 0 Å². The van der Waals surface area contributed by atoms with Crippen LogP contribution in [0.2, 0.25) is 0 Å². The third kappa shape index (κ3) is 4.17. The molecule has 0 saturated carbocycles. The molecule has 7 heteroatoms. The molecule has 1 N–H and O–H groups in total. The Bertz CT molecular complexity index is 578. The molecular formula is C14H20N2O4S. The first-order valence-corrected chi connectivity index (χ1v) is 8.00. The third-order valence-electron chi connectivity index (χ3n) is 3.85. The normalized spacial score (nSPS) is 18.1. The molecule has 1 amide bonds. The zero-order chi connectivity index (χ0) is 15.4. The van der Waals surface area contributed by atoms with E-state index in [2.05, 4.69) is 0 Å². The highest BCUT2D eigenvalue weighted by Crippen LogP contribution is 2.20. The fraction of sp³-hybridized carbons (Fsp3) is 0.643. The van der Waals surface area contributed by atoms with Gasteiger partial charge in [-0.2, -0.15) is 0 Å². The van der Waals surface area contributed by atoms with Crippen molar-refractivity contribution in [3.8, 4) is 0 Å². The molecule has 1 aliphatic rings. The summed E-state index contributed by atoms with van der Waals surface area (Å²) in [5.41, 5.74) is 0.931. The van der Waals surface area contributed by atoms with E-state index in [1.165, 1.54) is 11.3 Å². The number of carboxylic acids is 1. The van der Waals surface area contributed by atoms with Crippen molar-refractivity contribution >= 4 is 23.2 Å². The molecule has 1 aromatic rings. The van der Waals surface area contributed by atoms with Gasteiger partial charge in [-0.3, -0.25) is 14.4 Å². The first-order valence-electron chi connectivity index (χ1n) is 7.12. The Morgan fingerprint density at radius 1 is 1.48 bits per heavy atom. The van der Waals surface area contributed by atoms with Gasteiger partial charge in [0.25, 0.3) is 0 Å². The van der Waals surface area contributed by atoms with E-state index in [1.807, 2.05) is 12.3 Å². The van der Waals surface area contributed by atoms with Crippen LogP contribution in [-0.2, 0) is 16.1 Å². The second-order valence-electron chi connectivity index (χ2n) is 5.49. The lowest BCUT2D eigenvalue weighted by Crippen LogP contribution is -2.29. The molecular weight excluding hydrogens is 292 g/mol. The van der Waals surface area contributed by atoms with Crippen LogP contribution in [0.1, 0.15) is 31.4 Å². The Labute approximate surface area is 127 Å². The van der Waals surface area contributed by atoms with Gasteiger partial charge in [0.15, 0.2) is 0 Å². The summed E-state index contributed by atoms with van der Waals surface area (Å²) in [5.74, 6) is -0.668. The first-order chi connectivity index (χ1) is 9.97. The molecule has 21 heavy (non-hydrogen) atoms. The maximum absolute atomic E-state index is 12.1. The lowest BCUT2D eigenvalue weighted by atomic mass is 10.1. The summed E-state index contributed by atoms with van der Waals surface area (Å²) in [6.07, 6.45) is 1.94. The van der Waals surface area contributed by atoms with E-state index in [0.29, 0.717) is 32.5 Å². The minimum atomic E-state index is -0.804. The number of aliphatic carboxylic acids is 1. The molecule has 116 valence electrons. The highest BCUT2D eigenvalue weighted by Gasteiger charge is 2.27. The largest absolute Gasteiger partial charge is 0.481 e. The average Bonchev–Trinajstić information content (AvgIpc) is 2.99. The lowest BCUT2D eigenvalue weighted by Gasteiger charge is -2.16. The number of hydrogen-bond acceptors (Lipinski definition) is 4. The molecule has 0 bridgehead atoms. The number of carbonyl (C=O) groups is 2. The number of amides is 1. The maximum Gasteiger partial charge on any atom is 0.307 e. The fourth-order valence-corrected chi connectivity index (χ4v) is 3.45. The van der Waals surface area contributed by atoms with Gasteiger partial charge in [-0.1, -0.05) is 11.3 Å². The van der Waals surface area contributed by atoms with Crippen molar-refractivity contribution in [1.29, 1.82) is 0 Å². The summed E-state index contributed by atoms with van der Waals surface area (Å²) in [7, 11) is 0. The molecule has 1 aromatic heterocycles. The molecule has 0 spiro atoms. The van der Waals surface area contributed by atoms with E-state index in [4.69, 9.17) is 5.11 Å². The number of nitrogens with zero attached hydrogens (tertiary/aromatic N) is 2. The number of likely N-dealkylation sites (tertiary alicyclic amines) is 1. The molecule has 0 aromatic carbocycles. The van der Waals surface area contributed by atoms with Crippen molar-refractivity contribution in [2.45, 2.75) is 39.2 Å². The van der Waals surface area contributed by atoms with Crippen molar-refractivity contribution < 1.29 is 14.7 Å². The molecule has 2 rings (SSSR count). The van der Waals surface area contributed by atoms with Crippen LogP contribution in [0.15, 0.2) is 10.2 Å². The van der Waals surface area contributed by atoms with E-state index in [9.17, 15) is 14.4 Å². The summed E-state index contributed by atoms with van der Waals surface area (Å²) in [6.45, 7) is 3.64. The quantitative estimate of drug-likeness (QED) is 0.859. The molecule has 1 atom stereocenters. The zero-order valence-corrected chi connectivity index (χ0v) is 12.9. The number of carbonyl (C=O) groups excluding carboxylic acids is 1.